The first-order chi connectivity index (χ1) is 8.22. The topological polar surface area (TPSA) is 42.7 Å². The average Bonchev–Trinajstić information content (AvgIpc) is 2.80. The number of rotatable bonds is 4. The van der Waals surface area contributed by atoms with Crippen LogP contribution in [0.25, 0.3) is 5.69 Å². The van der Waals surface area contributed by atoms with Crippen LogP contribution in [0.4, 0.5) is 0 Å². The van der Waals surface area contributed by atoms with Gasteiger partial charge in [-0.15, -0.1) is 0 Å². The smallest absolute Gasteiger partial charge is 0.104 e. The van der Waals surface area contributed by atoms with E-state index in [9.17, 15) is 0 Å². The highest BCUT2D eigenvalue weighted by molar-refractivity contribution is 5.29. The molecule has 2 aromatic rings. The van der Waals surface area contributed by atoms with Gasteiger partial charge >= 0.3 is 0 Å². The van der Waals surface area contributed by atoms with E-state index in [1.165, 1.54) is 0 Å². The first-order valence-electron chi connectivity index (χ1n) is 5.52. The van der Waals surface area contributed by atoms with E-state index in [0.29, 0.717) is 0 Å². The lowest BCUT2D eigenvalue weighted by Gasteiger charge is -2.12. The number of nitrogens with zero attached hydrogens (tertiary/aromatic N) is 3. The maximum absolute atomic E-state index is 4.46. The van der Waals surface area contributed by atoms with Crippen molar-refractivity contribution in [2.24, 2.45) is 0 Å². The Labute approximate surface area is 101 Å². The second-order valence-electron chi connectivity index (χ2n) is 3.96. The van der Waals surface area contributed by atoms with Crippen LogP contribution >= 0.6 is 0 Å². The van der Waals surface area contributed by atoms with E-state index in [1.807, 2.05) is 44.3 Å². The molecule has 0 radical (unpaired) electrons. The molecule has 0 spiro atoms. The lowest BCUT2D eigenvalue weighted by atomic mass is 10.1. The molecule has 1 aromatic heterocycles. The Bertz CT molecular complexity index is 501. The molecule has 0 bridgehead atoms. The monoisotopic (exact) mass is 228 g/mol. The molecule has 2 rings (SSSR count). The van der Waals surface area contributed by atoms with Gasteiger partial charge in [0, 0.05) is 0 Å². The van der Waals surface area contributed by atoms with E-state index in [1.54, 1.807) is 11.0 Å². The van der Waals surface area contributed by atoms with E-state index in [4.69, 9.17) is 0 Å². The van der Waals surface area contributed by atoms with E-state index < -0.39 is 0 Å². The second kappa shape index (κ2) is 4.93. The standard InChI is InChI=1S/C13H16N4/c1-10(2)13(14-3)12-9-15-17(16-12)11-7-5-4-6-8-11/h4-9,13-14H,1H2,2-3H3. The molecule has 1 aromatic carbocycles. The highest BCUT2D eigenvalue weighted by Crippen LogP contribution is 2.17. The van der Waals surface area contributed by atoms with Crippen molar-refractivity contribution in [1.29, 1.82) is 0 Å². The Morgan fingerprint density at radius 3 is 2.65 bits per heavy atom. The molecule has 0 aliphatic carbocycles. The van der Waals surface area contributed by atoms with Crippen LogP contribution < -0.4 is 5.32 Å². The zero-order chi connectivity index (χ0) is 12.3. The summed E-state index contributed by atoms with van der Waals surface area (Å²) in [4.78, 5) is 1.63. The average molecular weight is 228 g/mol. The minimum Gasteiger partial charge on any atom is -0.308 e. The van der Waals surface area contributed by atoms with Crippen LogP contribution in [0.3, 0.4) is 0 Å². The van der Waals surface area contributed by atoms with Crippen molar-refractivity contribution in [2.45, 2.75) is 13.0 Å². The lowest BCUT2D eigenvalue weighted by Crippen LogP contribution is -2.17. The van der Waals surface area contributed by atoms with Gasteiger partial charge in [-0.1, -0.05) is 30.4 Å². The van der Waals surface area contributed by atoms with Crippen LogP contribution in [0.1, 0.15) is 18.7 Å². The minimum atomic E-state index is 0.0486. The SMILES string of the molecule is C=C(C)C(NC)c1cnn(-c2ccccc2)n1. The summed E-state index contributed by atoms with van der Waals surface area (Å²) >= 11 is 0. The van der Waals surface area contributed by atoms with Crippen LogP contribution in [0.2, 0.25) is 0 Å². The number of hydrogen-bond acceptors (Lipinski definition) is 3. The number of nitrogens with one attached hydrogen (secondary N) is 1. The number of hydrogen-bond donors (Lipinski definition) is 1. The van der Waals surface area contributed by atoms with Crippen molar-refractivity contribution in [3.05, 3.63) is 54.4 Å². The van der Waals surface area contributed by atoms with Gasteiger partial charge in [-0.05, 0) is 26.1 Å². The largest absolute Gasteiger partial charge is 0.308 e. The fourth-order valence-electron chi connectivity index (χ4n) is 1.74. The van der Waals surface area contributed by atoms with Crippen molar-refractivity contribution in [2.75, 3.05) is 7.05 Å². The van der Waals surface area contributed by atoms with Crippen molar-refractivity contribution in [3.63, 3.8) is 0 Å². The molecular weight excluding hydrogens is 212 g/mol. The van der Waals surface area contributed by atoms with Gasteiger partial charge < -0.3 is 5.32 Å². The second-order valence-corrected chi connectivity index (χ2v) is 3.96. The van der Waals surface area contributed by atoms with E-state index in [0.717, 1.165) is 17.0 Å². The van der Waals surface area contributed by atoms with E-state index in [-0.39, 0.29) is 6.04 Å². The third kappa shape index (κ3) is 2.42. The quantitative estimate of drug-likeness (QED) is 0.815. The lowest BCUT2D eigenvalue weighted by molar-refractivity contribution is 0.641. The molecule has 0 aliphatic rings. The molecule has 1 atom stereocenters. The molecule has 4 nitrogen and oxygen atoms in total. The summed E-state index contributed by atoms with van der Waals surface area (Å²) in [6.45, 7) is 5.92. The summed E-state index contributed by atoms with van der Waals surface area (Å²) in [5.74, 6) is 0. The summed E-state index contributed by atoms with van der Waals surface area (Å²) in [6.07, 6.45) is 1.77. The van der Waals surface area contributed by atoms with Crippen LogP contribution in [0, 0.1) is 0 Å². The first-order valence-corrected chi connectivity index (χ1v) is 5.52. The number of likely N-dealkylation sites (N-methyl/N-ethyl adjacent to an activating group) is 1. The van der Waals surface area contributed by atoms with Gasteiger partial charge in [0.1, 0.15) is 5.69 Å². The fourth-order valence-corrected chi connectivity index (χ4v) is 1.74. The fraction of sp³-hybridized carbons (Fsp3) is 0.231. The minimum absolute atomic E-state index is 0.0486. The third-order valence-electron chi connectivity index (χ3n) is 2.57. The van der Waals surface area contributed by atoms with Gasteiger partial charge in [-0.3, -0.25) is 0 Å². The van der Waals surface area contributed by atoms with Crippen molar-refractivity contribution in [1.82, 2.24) is 20.3 Å². The molecular formula is C13H16N4. The zero-order valence-corrected chi connectivity index (χ0v) is 10.1. The summed E-state index contributed by atoms with van der Waals surface area (Å²) in [6, 6.07) is 9.89. The predicted molar refractivity (Wildman–Crippen MR) is 68.0 cm³/mol. The van der Waals surface area contributed by atoms with Crippen LogP contribution in [-0.4, -0.2) is 22.0 Å². The molecule has 1 unspecified atom stereocenters. The van der Waals surface area contributed by atoms with Crippen LogP contribution in [0.15, 0.2) is 48.7 Å². The molecule has 0 fully saturated rings. The summed E-state index contributed by atoms with van der Waals surface area (Å²) in [5.41, 5.74) is 2.85. The molecule has 17 heavy (non-hydrogen) atoms. The van der Waals surface area contributed by atoms with Crippen molar-refractivity contribution in [3.8, 4) is 5.69 Å². The van der Waals surface area contributed by atoms with Gasteiger partial charge in [-0.25, -0.2) is 0 Å². The van der Waals surface area contributed by atoms with Crippen molar-refractivity contribution >= 4 is 0 Å². The van der Waals surface area contributed by atoms with Gasteiger partial charge in [-0.2, -0.15) is 15.0 Å². The molecule has 0 saturated heterocycles. The predicted octanol–water partition coefficient (Wildman–Crippen LogP) is 2.10. The Morgan fingerprint density at radius 1 is 1.35 bits per heavy atom. The summed E-state index contributed by atoms with van der Waals surface area (Å²) in [5, 5.41) is 11.9. The molecule has 0 amide bonds. The number of benzene rings is 1. The Kier molecular flexibility index (Phi) is 3.35. The van der Waals surface area contributed by atoms with Crippen molar-refractivity contribution < 1.29 is 0 Å². The Hall–Kier alpha value is -1.94. The molecule has 0 aliphatic heterocycles. The number of aromatic nitrogens is 3. The first kappa shape index (κ1) is 11.5. The van der Waals surface area contributed by atoms with Gasteiger partial charge in [0.05, 0.1) is 17.9 Å². The summed E-state index contributed by atoms with van der Waals surface area (Å²) in [7, 11) is 1.89. The normalized spacial score (nSPS) is 12.4. The Morgan fingerprint density at radius 2 is 2.06 bits per heavy atom. The van der Waals surface area contributed by atoms with Crippen LogP contribution in [0.5, 0.6) is 0 Å². The van der Waals surface area contributed by atoms with Gasteiger partial charge in [0.2, 0.25) is 0 Å². The summed E-state index contributed by atoms with van der Waals surface area (Å²) < 4.78 is 0. The highest BCUT2D eigenvalue weighted by Gasteiger charge is 2.14. The van der Waals surface area contributed by atoms with E-state index in [2.05, 4.69) is 22.1 Å². The van der Waals surface area contributed by atoms with Gasteiger partial charge in [0.15, 0.2) is 0 Å². The molecule has 88 valence electrons. The molecule has 4 heteroatoms. The molecule has 1 heterocycles. The maximum atomic E-state index is 4.46. The number of para-hydroxylation sites is 1. The van der Waals surface area contributed by atoms with Crippen LogP contribution in [-0.2, 0) is 0 Å². The zero-order valence-electron chi connectivity index (χ0n) is 10.1. The van der Waals surface area contributed by atoms with Gasteiger partial charge in [0.25, 0.3) is 0 Å². The molecule has 0 saturated carbocycles. The Balaban J connectivity index is 2.30. The van der Waals surface area contributed by atoms with E-state index >= 15 is 0 Å². The maximum Gasteiger partial charge on any atom is 0.104 e. The third-order valence-corrected chi connectivity index (χ3v) is 2.57. The molecule has 1 N–H and O–H groups in total. The highest BCUT2D eigenvalue weighted by atomic mass is 15.5.